The van der Waals surface area contributed by atoms with Gasteiger partial charge in [-0.1, -0.05) is 0 Å². The number of benzene rings is 1. The van der Waals surface area contributed by atoms with E-state index in [1.807, 2.05) is 34.5 Å². The van der Waals surface area contributed by atoms with E-state index in [0.717, 1.165) is 23.1 Å². The quantitative estimate of drug-likeness (QED) is 0.777. The minimum Gasteiger partial charge on any atom is -0.369 e. The Morgan fingerprint density at radius 3 is 2.90 bits per heavy atom. The molecule has 0 aliphatic rings. The second-order valence-corrected chi connectivity index (χ2v) is 4.63. The molecule has 0 fully saturated rings. The van der Waals surface area contributed by atoms with Crippen LogP contribution in [0.2, 0.25) is 0 Å². The number of nitrogen functional groups attached to an aromatic ring is 1. The summed E-state index contributed by atoms with van der Waals surface area (Å²) in [7, 11) is 1.92. The van der Waals surface area contributed by atoms with Crippen molar-refractivity contribution >= 4 is 17.0 Å². The molecule has 2 N–H and O–H groups in total. The lowest BCUT2D eigenvalue weighted by atomic mass is 10.2. The summed E-state index contributed by atoms with van der Waals surface area (Å²) >= 11 is 0. The topological polar surface area (TPSA) is 85.4 Å². The number of aryl methyl sites for hydroxylation is 3. The number of fused-ring (bicyclic) bond motifs is 1. The molecule has 0 bridgehead atoms. The highest BCUT2D eigenvalue weighted by molar-refractivity contribution is 5.79. The maximum Gasteiger partial charge on any atom is 0.201 e. The first-order valence-electron chi connectivity index (χ1n) is 6.32. The highest BCUT2D eigenvalue weighted by Crippen LogP contribution is 2.19. The third kappa shape index (κ3) is 1.99. The maximum absolute atomic E-state index is 8.99. The van der Waals surface area contributed by atoms with Crippen LogP contribution in [0.5, 0.6) is 0 Å². The average molecular weight is 266 g/mol. The second kappa shape index (κ2) is 4.70. The molecule has 0 radical (unpaired) electrons. The molecule has 0 aliphatic heterocycles. The Hall–Kier alpha value is -2.81. The Kier molecular flexibility index (Phi) is 2.88. The molecule has 0 aliphatic carbocycles. The van der Waals surface area contributed by atoms with E-state index >= 15 is 0 Å². The molecule has 3 aromatic rings. The summed E-state index contributed by atoms with van der Waals surface area (Å²) in [5.74, 6) is 0.470. The number of nitriles is 1. The molecule has 6 nitrogen and oxygen atoms in total. The van der Waals surface area contributed by atoms with Crippen molar-refractivity contribution in [3.05, 3.63) is 41.7 Å². The van der Waals surface area contributed by atoms with Crippen LogP contribution in [0.1, 0.15) is 11.3 Å². The van der Waals surface area contributed by atoms with Gasteiger partial charge in [0.2, 0.25) is 5.95 Å². The predicted molar refractivity (Wildman–Crippen MR) is 75.8 cm³/mol. The van der Waals surface area contributed by atoms with E-state index in [-0.39, 0.29) is 0 Å². The van der Waals surface area contributed by atoms with Crippen LogP contribution in [0, 0.1) is 11.3 Å². The number of imidazole rings is 1. The largest absolute Gasteiger partial charge is 0.369 e. The van der Waals surface area contributed by atoms with E-state index < -0.39 is 0 Å². The SMILES string of the molecule is Cn1nccc1CCn1c(N)nc2ccc(C#N)cc21. The van der Waals surface area contributed by atoms with E-state index in [1.54, 1.807) is 12.3 Å². The molecule has 2 heterocycles. The van der Waals surface area contributed by atoms with Crippen molar-refractivity contribution in [3.63, 3.8) is 0 Å². The molecule has 0 unspecified atom stereocenters. The minimum absolute atomic E-state index is 0.470. The van der Waals surface area contributed by atoms with Crippen LogP contribution in [0.25, 0.3) is 11.0 Å². The Bertz CT molecular complexity index is 805. The molecule has 1 aromatic carbocycles. The highest BCUT2D eigenvalue weighted by atomic mass is 15.3. The summed E-state index contributed by atoms with van der Waals surface area (Å²) in [5, 5.41) is 13.1. The molecular weight excluding hydrogens is 252 g/mol. The van der Waals surface area contributed by atoms with Crippen molar-refractivity contribution in [2.24, 2.45) is 7.05 Å². The monoisotopic (exact) mass is 266 g/mol. The standard InChI is InChI=1S/C14H14N6/c1-19-11(4-6-17-19)5-7-20-13-8-10(9-15)2-3-12(13)18-14(20)16/h2-4,6,8H,5,7H2,1H3,(H2,16,18). The van der Waals surface area contributed by atoms with Crippen LogP contribution >= 0.6 is 0 Å². The van der Waals surface area contributed by atoms with Gasteiger partial charge in [0, 0.05) is 31.9 Å². The fourth-order valence-corrected chi connectivity index (χ4v) is 2.32. The first-order valence-corrected chi connectivity index (χ1v) is 6.32. The van der Waals surface area contributed by atoms with E-state index in [0.29, 0.717) is 18.1 Å². The van der Waals surface area contributed by atoms with Crippen molar-refractivity contribution < 1.29 is 0 Å². The van der Waals surface area contributed by atoms with Gasteiger partial charge in [-0.25, -0.2) is 4.98 Å². The van der Waals surface area contributed by atoms with Gasteiger partial charge in [0.25, 0.3) is 0 Å². The van der Waals surface area contributed by atoms with Gasteiger partial charge in [-0.2, -0.15) is 10.4 Å². The molecule has 3 rings (SSSR count). The molecule has 2 aromatic heterocycles. The highest BCUT2D eigenvalue weighted by Gasteiger charge is 2.09. The van der Waals surface area contributed by atoms with E-state index in [9.17, 15) is 0 Å². The van der Waals surface area contributed by atoms with Crippen molar-refractivity contribution in [1.29, 1.82) is 5.26 Å². The molecule has 0 saturated carbocycles. The Morgan fingerprint density at radius 1 is 1.35 bits per heavy atom. The normalized spacial score (nSPS) is 10.8. The smallest absolute Gasteiger partial charge is 0.201 e. The molecule has 100 valence electrons. The fourth-order valence-electron chi connectivity index (χ4n) is 2.32. The van der Waals surface area contributed by atoms with Crippen LogP contribution in [0.4, 0.5) is 5.95 Å². The number of rotatable bonds is 3. The first-order chi connectivity index (χ1) is 9.69. The van der Waals surface area contributed by atoms with E-state index in [1.165, 1.54) is 0 Å². The summed E-state index contributed by atoms with van der Waals surface area (Å²) in [5.41, 5.74) is 9.41. The summed E-state index contributed by atoms with van der Waals surface area (Å²) in [6.07, 6.45) is 2.58. The van der Waals surface area contributed by atoms with Gasteiger partial charge in [0.05, 0.1) is 22.7 Å². The number of nitrogens with zero attached hydrogens (tertiary/aromatic N) is 5. The Morgan fingerprint density at radius 2 is 2.20 bits per heavy atom. The van der Waals surface area contributed by atoms with Crippen LogP contribution in [0.15, 0.2) is 30.5 Å². The van der Waals surface area contributed by atoms with Crippen molar-refractivity contribution in [2.75, 3.05) is 5.73 Å². The summed E-state index contributed by atoms with van der Waals surface area (Å²) in [6, 6.07) is 9.52. The lowest BCUT2D eigenvalue weighted by Gasteiger charge is -2.07. The average Bonchev–Trinajstić information content (AvgIpc) is 2.99. The zero-order chi connectivity index (χ0) is 14.1. The zero-order valence-corrected chi connectivity index (χ0v) is 11.1. The van der Waals surface area contributed by atoms with Crippen molar-refractivity contribution in [2.45, 2.75) is 13.0 Å². The lowest BCUT2D eigenvalue weighted by Crippen LogP contribution is -2.08. The zero-order valence-electron chi connectivity index (χ0n) is 11.1. The van der Waals surface area contributed by atoms with Gasteiger partial charge < -0.3 is 10.3 Å². The fraction of sp³-hybridized carbons (Fsp3) is 0.214. The number of aromatic nitrogens is 4. The van der Waals surface area contributed by atoms with Crippen LogP contribution in [0.3, 0.4) is 0 Å². The van der Waals surface area contributed by atoms with Gasteiger partial charge in [-0.15, -0.1) is 0 Å². The van der Waals surface area contributed by atoms with Crippen LogP contribution < -0.4 is 5.73 Å². The van der Waals surface area contributed by atoms with Crippen LogP contribution in [-0.4, -0.2) is 19.3 Å². The predicted octanol–water partition coefficient (Wildman–Crippen LogP) is 1.47. The molecule has 0 amide bonds. The number of nitrogens with two attached hydrogens (primary N) is 1. The number of hydrogen-bond acceptors (Lipinski definition) is 4. The molecular formula is C14H14N6. The minimum atomic E-state index is 0.470. The number of anilines is 1. The van der Waals surface area contributed by atoms with Gasteiger partial charge in [0.15, 0.2) is 0 Å². The summed E-state index contributed by atoms with van der Waals surface area (Å²) in [4.78, 5) is 4.32. The van der Waals surface area contributed by atoms with E-state index in [4.69, 9.17) is 11.0 Å². The lowest BCUT2D eigenvalue weighted by molar-refractivity contribution is 0.651. The summed E-state index contributed by atoms with van der Waals surface area (Å²) < 4.78 is 3.78. The molecule has 0 atom stereocenters. The first kappa shape index (κ1) is 12.2. The molecule has 0 spiro atoms. The number of hydrogen-bond donors (Lipinski definition) is 1. The van der Waals surface area contributed by atoms with Gasteiger partial charge in [-0.3, -0.25) is 4.68 Å². The van der Waals surface area contributed by atoms with Gasteiger partial charge in [0.1, 0.15) is 0 Å². The van der Waals surface area contributed by atoms with Crippen molar-refractivity contribution in [1.82, 2.24) is 19.3 Å². The van der Waals surface area contributed by atoms with E-state index in [2.05, 4.69) is 16.2 Å². The summed E-state index contributed by atoms with van der Waals surface area (Å²) in [6.45, 7) is 0.705. The Labute approximate surface area is 116 Å². The van der Waals surface area contributed by atoms with Gasteiger partial charge >= 0.3 is 0 Å². The Balaban J connectivity index is 1.96. The van der Waals surface area contributed by atoms with Gasteiger partial charge in [-0.05, 0) is 24.3 Å². The molecule has 6 heteroatoms. The molecule has 20 heavy (non-hydrogen) atoms. The second-order valence-electron chi connectivity index (χ2n) is 4.63. The van der Waals surface area contributed by atoms with Crippen molar-refractivity contribution in [3.8, 4) is 6.07 Å². The third-order valence-electron chi connectivity index (χ3n) is 3.42. The van der Waals surface area contributed by atoms with Crippen LogP contribution in [-0.2, 0) is 20.0 Å². The maximum atomic E-state index is 8.99. The molecule has 0 saturated heterocycles. The third-order valence-corrected chi connectivity index (χ3v) is 3.42.